The molecule has 0 heterocycles. The summed E-state index contributed by atoms with van der Waals surface area (Å²) in [6.45, 7) is 1.82. The van der Waals surface area contributed by atoms with Gasteiger partial charge in [0.05, 0.1) is 11.0 Å². The first-order chi connectivity index (χ1) is 4.13. The smallest absolute Gasteiger partial charge is 0.0782 e. The molecule has 1 aliphatic rings. The molecule has 1 fully saturated rings. The molecule has 0 aliphatic heterocycles. The Morgan fingerprint density at radius 3 is 2.56 bits per heavy atom. The number of hydrogen-bond donors (Lipinski definition) is 1. The number of alkyl halides is 1. The highest BCUT2D eigenvalue weighted by molar-refractivity contribution is 6.21. The van der Waals surface area contributed by atoms with E-state index in [9.17, 15) is 5.11 Å². The Hall–Kier alpha value is 0.250. The van der Waals surface area contributed by atoms with Crippen molar-refractivity contribution in [3.63, 3.8) is 0 Å². The van der Waals surface area contributed by atoms with Crippen LogP contribution in [0.15, 0.2) is 0 Å². The van der Waals surface area contributed by atoms with E-state index in [-0.39, 0.29) is 5.38 Å². The Morgan fingerprint density at radius 1 is 1.56 bits per heavy atom. The molecular weight excluding hydrogens is 136 g/mol. The van der Waals surface area contributed by atoms with Gasteiger partial charge in [0.25, 0.3) is 0 Å². The molecule has 0 aromatic rings. The molecule has 0 unspecified atom stereocenters. The van der Waals surface area contributed by atoms with Gasteiger partial charge in [-0.3, -0.25) is 0 Å². The maximum absolute atomic E-state index is 9.51. The molecule has 1 saturated carbocycles. The van der Waals surface area contributed by atoms with E-state index in [0.717, 1.165) is 19.3 Å². The van der Waals surface area contributed by atoms with E-state index in [1.165, 1.54) is 6.42 Å². The fraction of sp³-hybridized carbons (Fsp3) is 1.00. The van der Waals surface area contributed by atoms with Crippen molar-refractivity contribution in [2.24, 2.45) is 0 Å². The Balaban J connectivity index is 2.49. The van der Waals surface area contributed by atoms with Crippen molar-refractivity contribution in [3.05, 3.63) is 0 Å². The van der Waals surface area contributed by atoms with E-state index in [0.29, 0.717) is 0 Å². The van der Waals surface area contributed by atoms with Gasteiger partial charge in [-0.25, -0.2) is 0 Å². The van der Waals surface area contributed by atoms with Crippen molar-refractivity contribution in [2.45, 2.75) is 43.6 Å². The first-order valence-electron chi connectivity index (χ1n) is 3.49. The highest BCUT2D eigenvalue weighted by atomic mass is 35.5. The molecule has 0 radical (unpaired) electrons. The van der Waals surface area contributed by atoms with Crippen LogP contribution in [-0.2, 0) is 0 Å². The van der Waals surface area contributed by atoms with Crippen molar-refractivity contribution in [1.29, 1.82) is 0 Å². The number of aliphatic hydroxyl groups is 1. The van der Waals surface area contributed by atoms with Crippen LogP contribution >= 0.6 is 11.6 Å². The third-order valence-electron chi connectivity index (χ3n) is 2.07. The monoisotopic (exact) mass is 148 g/mol. The molecule has 0 aromatic carbocycles. The van der Waals surface area contributed by atoms with Gasteiger partial charge in [0.15, 0.2) is 0 Å². The van der Waals surface area contributed by atoms with E-state index in [1.807, 2.05) is 6.92 Å². The molecule has 1 nitrogen and oxygen atoms in total. The normalized spacial score (nSPS) is 45.0. The number of rotatable bonds is 0. The van der Waals surface area contributed by atoms with Crippen molar-refractivity contribution in [3.8, 4) is 0 Å². The maximum Gasteiger partial charge on any atom is 0.0782 e. The minimum atomic E-state index is -0.597. The van der Waals surface area contributed by atoms with Gasteiger partial charge in [0.1, 0.15) is 0 Å². The average molecular weight is 149 g/mol. The molecule has 0 spiro atoms. The third kappa shape index (κ3) is 1.59. The van der Waals surface area contributed by atoms with E-state index in [2.05, 4.69) is 0 Å². The Labute approximate surface area is 61.0 Å². The maximum atomic E-state index is 9.51. The van der Waals surface area contributed by atoms with Gasteiger partial charge in [0.2, 0.25) is 0 Å². The van der Waals surface area contributed by atoms with Gasteiger partial charge >= 0.3 is 0 Å². The fourth-order valence-electron chi connectivity index (χ4n) is 1.27. The second kappa shape index (κ2) is 2.47. The van der Waals surface area contributed by atoms with Crippen molar-refractivity contribution < 1.29 is 5.11 Å². The lowest BCUT2D eigenvalue weighted by Crippen LogP contribution is -2.38. The van der Waals surface area contributed by atoms with Crippen LogP contribution in [-0.4, -0.2) is 16.1 Å². The molecule has 9 heavy (non-hydrogen) atoms. The Bertz CT molecular complexity index is 101. The zero-order chi connectivity index (χ0) is 6.91. The van der Waals surface area contributed by atoms with E-state index in [4.69, 9.17) is 11.6 Å². The summed E-state index contributed by atoms with van der Waals surface area (Å²) in [5.74, 6) is 0. The Kier molecular flexibility index (Phi) is 2.02. The predicted molar refractivity (Wildman–Crippen MR) is 38.7 cm³/mol. The van der Waals surface area contributed by atoms with Gasteiger partial charge in [-0.05, 0) is 19.8 Å². The highest BCUT2D eigenvalue weighted by Gasteiger charge is 2.32. The van der Waals surface area contributed by atoms with Gasteiger partial charge < -0.3 is 5.11 Å². The van der Waals surface area contributed by atoms with Crippen LogP contribution in [0.25, 0.3) is 0 Å². The van der Waals surface area contributed by atoms with Crippen LogP contribution in [0.2, 0.25) is 0 Å². The predicted octanol–water partition coefficient (Wildman–Crippen LogP) is 1.92. The number of hydrogen-bond acceptors (Lipinski definition) is 1. The van der Waals surface area contributed by atoms with Crippen LogP contribution in [0, 0.1) is 0 Å². The lowest BCUT2D eigenvalue weighted by Gasteiger charge is -2.32. The van der Waals surface area contributed by atoms with Crippen molar-refractivity contribution in [2.75, 3.05) is 0 Å². The zero-order valence-corrected chi connectivity index (χ0v) is 6.49. The molecule has 2 atom stereocenters. The summed E-state index contributed by atoms with van der Waals surface area (Å²) in [6.07, 6.45) is 4.12. The highest BCUT2D eigenvalue weighted by Crippen LogP contribution is 2.31. The molecule has 1 rings (SSSR count). The van der Waals surface area contributed by atoms with Crippen molar-refractivity contribution in [1.82, 2.24) is 0 Å². The van der Waals surface area contributed by atoms with Crippen LogP contribution in [0.5, 0.6) is 0 Å². The van der Waals surface area contributed by atoms with Gasteiger partial charge in [-0.2, -0.15) is 0 Å². The lowest BCUT2D eigenvalue weighted by molar-refractivity contribution is 0.0268. The van der Waals surface area contributed by atoms with Crippen LogP contribution in [0.3, 0.4) is 0 Å². The van der Waals surface area contributed by atoms with Crippen molar-refractivity contribution >= 4 is 11.6 Å². The van der Waals surface area contributed by atoms with E-state index < -0.39 is 5.60 Å². The summed E-state index contributed by atoms with van der Waals surface area (Å²) in [5.41, 5.74) is -0.597. The van der Waals surface area contributed by atoms with Crippen LogP contribution < -0.4 is 0 Å². The minimum absolute atomic E-state index is 0.0220. The van der Waals surface area contributed by atoms with Gasteiger partial charge in [-0.15, -0.1) is 11.6 Å². The van der Waals surface area contributed by atoms with Crippen LogP contribution in [0.4, 0.5) is 0 Å². The largest absolute Gasteiger partial charge is 0.389 e. The first-order valence-corrected chi connectivity index (χ1v) is 3.93. The van der Waals surface area contributed by atoms with E-state index in [1.54, 1.807) is 0 Å². The average Bonchev–Trinajstić information content (AvgIpc) is 1.77. The number of halogens is 1. The fourth-order valence-corrected chi connectivity index (χ4v) is 1.54. The molecule has 1 N–H and O–H groups in total. The molecule has 0 saturated heterocycles. The van der Waals surface area contributed by atoms with Crippen LogP contribution in [0.1, 0.15) is 32.6 Å². The zero-order valence-electron chi connectivity index (χ0n) is 5.73. The first kappa shape index (κ1) is 7.36. The summed E-state index contributed by atoms with van der Waals surface area (Å²) in [4.78, 5) is 0. The molecule has 0 amide bonds. The molecule has 2 heteroatoms. The molecule has 0 bridgehead atoms. The quantitative estimate of drug-likeness (QED) is 0.521. The molecule has 0 aromatic heterocycles. The topological polar surface area (TPSA) is 20.2 Å². The summed E-state index contributed by atoms with van der Waals surface area (Å²) in [7, 11) is 0. The standard InChI is InChI=1S/C7H13ClO/c1-7(9)5-3-2-4-6(7)8/h6,9H,2-5H2,1H3/t6-,7-/m0/s1. The second-order valence-electron chi connectivity index (χ2n) is 3.07. The Morgan fingerprint density at radius 2 is 2.22 bits per heavy atom. The summed E-state index contributed by atoms with van der Waals surface area (Å²) in [6, 6.07) is 0. The van der Waals surface area contributed by atoms with Gasteiger partial charge in [-0.1, -0.05) is 12.8 Å². The van der Waals surface area contributed by atoms with E-state index >= 15 is 0 Å². The molecular formula is C7H13ClO. The third-order valence-corrected chi connectivity index (χ3v) is 2.75. The summed E-state index contributed by atoms with van der Waals surface area (Å²) in [5, 5.41) is 9.49. The lowest BCUT2D eigenvalue weighted by atomic mass is 9.86. The molecule has 54 valence electrons. The second-order valence-corrected chi connectivity index (χ2v) is 3.60. The summed E-state index contributed by atoms with van der Waals surface area (Å²) < 4.78 is 0. The van der Waals surface area contributed by atoms with Gasteiger partial charge in [0, 0.05) is 0 Å². The minimum Gasteiger partial charge on any atom is -0.389 e. The molecule has 1 aliphatic carbocycles. The summed E-state index contributed by atoms with van der Waals surface area (Å²) >= 11 is 5.86. The SMILES string of the molecule is C[C@]1(O)CCCC[C@@H]1Cl.